The van der Waals surface area contributed by atoms with E-state index in [4.69, 9.17) is 21.3 Å². The van der Waals surface area contributed by atoms with Crippen LogP contribution in [0.5, 0.6) is 5.88 Å². The molecule has 2 N–H and O–H groups in total. The molecule has 268 valence electrons. The fourth-order valence-corrected chi connectivity index (χ4v) is 8.84. The van der Waals surface area contributed by atoms with Gasteiger partial charge in [0.25, 0.3) is 5.56 Å². The summed E-state index contributed by atoms with van der Waals surface area (Å²) in [4.78, 5) is 54.7. The summed E-state index contributed by atoms with van der Waals surface area (Å²) in [6.07, 6.45) is 5.42. The number of aromatic nitrogens is 5. The first-order valence-electron chi connectivity index (χ1n) is 17.7. The SMILES string of the molecule is COc1nc(-c2cccc(-c3cccc(Nc4nc(C)nc5c4c(=O)n(C)c(=O)n5C)c3C)c2Cl)cc2c1C(N1CCC3(CCCC(=O)N3)C1)CC2. The molecule has 52 heavy (non-hydrogen) atoms. The number of carbonyl (C=O) groups excluding carboxylic acids is 1. The highest BCUT2D eigenvalue weighted by atomic mass is 35.5. The predicted molar refractivity (Wildman–Crippen MR) is 201 cm³/mol. The number of hydrogen-bond donors (Lipinski definition) is 2. The summed E-state index contributed by atoms with van der Waals surface area (Å²) in [6, 6.07) is 14.1. The molecule has 3 aliphatic rings. The monoisotopic (exact) mass is 720 g/mol. The normalized spacial score (nSPS) is 20.0. The van der Waals surface area contributed by atoms with Crippen LogP contribution in [0.25, 0.3) is 33.4 Å². The second-order valence-electron chi connectivity index (χ2n) is 14.3. The van der Waals surface area contributed by atoms with Gasteiger partial charge >= 0.3 is 5.69 Å². The second kappa shape index (κ2) is 12.9. The average molecular weight is 721 g/mol. The number of amides is 1. The van der Waals surface area contributed by atoms with Gasteiger partial charge in [0.1, 0.15) is 17.0 Å². The van der Waals surface area contributed by atoms with Crippen molar-refractivity contribution in [1.82, 2.24) is 34.3 Å². The van der Waals surface area contributed by atoms with E-state index in [2.05, 4.69) is 31.6 Å². The van der Waals surface area contributed by atoms with Crippen LogP contribution >= 0.6 is 11.6 Å². The van der Waals surface area contributed by atoms with E-state index in [1.807, 2.05) is 43.3 Å². The largest absolute Gasteiger partial charge is 0.481 e. The lowest BCUT2D eigenvalue weighted by Gasteiger charge is -2.35. The van der Waals surface area contributed by atoms with Crippen molar-refractivity contribution in [3.63, 3.8) is 0 Å². The molecule has 2 aromatic carbocycles. The van der Waals surface area contributed by atoms with Crippen LogP contribution < -0.4 is 26.6 Å². The number of benzene rings is 2. The second-order valence-corrected chi connectivity index (χ2v) is 14.7. The average Bonchev–Trinajstić information content (AvgIpc) is 3.74. The van der Waals surface area contributed by atoms with E-state index >= 15 is 0 Å². The molecule has 12 nitrogen and oxygen atoms in total. The molecule has 0 radical (unpaired) electrons. The molecule has 1 spiro atoms. The minimum atomic E-state index is -0.476. The lowest BCUT2D eigenvalue weighted by Crippen LogP contribution is -2.53. The van der Waals surface area contributed by atoms with E-state index in [1.54, 1.807) is 21.1 Å². The molecule has 3 aromatic heterocycles. The minimum Gasteiger partial charge on any atom is -0.481 e. The van der Waals surface area contributed by atoms with Crippen molar-refractivity contribution in [3.8, 4) is 28.3 Å². The zero-order valence-corrected chi connectivity index (χ0v) is 30.7. The Hall–Kier alpha value is -5.07. The highest BCUT2D eigenvalue weighted by molar-refractivity contribution is 6.36. The van der Waals surface area contributed by atoms with Crippen LogP contribution in [0.15, 0.2) is 52.1 Å². The zero-order chi connectivity index (χ0) is 36.5. The van der Waals surface area contributed by atoms with Crippen molar-refractivity contribution in [2.45, 2.75) is 64.0 Å². The lowest BCUT2D eigenvalue weighted by atomic mass is 9.88. The van der Waals surface area contributed by atoms with E-state index in [1.165, 1.54) is 17.2 Å². The van der Waals surface area contributed by atoms with Gasteiger partial charge in [0, 0.05) is 62.0 Å². The molecule has 2 aliphatic heterocycles. The summed E-state index contributed by atoms with van der Waals surface area (Å²) in [5.41, 5.74) is 6.45. The number of fused-ring (bicyclic) bond motifs is 2. The van der Waals surface area contributed by atoms with Gasteiger partial charge in [-0.05, 0) is 74.8 Å². The Labute approximate surface area is 305 Å². The molecule has 5 heterocycles. The zero-order valence-electron chi connectivity index (χ0n) is 30.0. The first-order valence-corrected chi connectivity index (χ1v) is 18.1. The number of aryl methyl sites for hydroxylation is 3. The minimum absolute atomic E-state index is 0.129. The number of pyridine rings is 1. The lowest BCUT2D eigenvalue weighted by molar-refractivity contribution is -0.125. The van der Waals surface area contributed by atoms with Gasteiger partial charge in [-0.1, -0.05) is 41.9 Å². The summed E-state index contributed by atoms with van der Waals surface area (Å²) in [5, 5.41) is 7.46. The van der Waals surface area contributed by atoms with Crippen LogP contribution in [0.2, 0.25) is 5.02 Å². The predicted octanol–water partition coefficient (Wildman–Crippen LogP) is 5.51. The highest BCUT2D eigenvalue weighted by Gasteiger charge is 2.45. The Balaban J connectivity index is 1.13. The number of halogens is 1. The van der Waals surface area contributed by atoms with Crippen LogP contribution in [0.3, 0.4) is 0 Å². The number of piperidine rings is 1. The van der Waals surface area contributed by atoms with Gasteiger partial charge < -0.3 is 15.4 Å². The van der Waals surface area contributed by atoms with Crippen molar-refractivity contribution < 1.29 is 9.53 Å². The Kier molecular flexibility index (Phi) is 8.41. The van der Waals surface area contributed by atoms with Gasteiger partial charge in [-0.2, -0.15) is 0 Å². The molecule has 13 heteroatoms. The van der Waals surface area contributed by atoms with Crippen LogP contribution in [0.1, 0.15) is 60.7 Å². The van der Waals surface area contributed by atoms with Crippen LogP contribution in [0.4, 0.5) is 11.5 Å². The molecule has 2 saturated heterocycles. The number of anilines is 2. The van der Waals surface area contributed by atoms with Gasteiger partial charge in [0.15, 0.2) is 5.65 Å². The molecule has 8 rings (SSSR count). The smallest absolute Gasteiger partial charge is 0.332 e. The summed E-state index contributed by atoms with van der Waals surface area (Å²) in [5.74, 6) is 1.52. The Morgan fingerprint density at radius 1 is 0.962 bits per heavy atom. The molecule has 2 fully saturated rings. The van der Waals surface area contributed by atoms with Gasteiger partial charge in [-0.3, -0.25) is 23.6 Å². The fourth-order valence-electron chi connectivity index (χ4n) is 8.51. The molecule has 0 bridgehead atoms. The number of rotatable bonds is 6. The summed E-state index contributed by atoms with van der Waals surface area (Å²) >= 11 is 7.26. The molecule has 5 aromatic rings. The maximum atomic E-state index is 13.3. The van der Waals surface area contributed by atoms with E-state index in [9.17, 15) is 14.4 Å². The molecule has 0 saturated carbocycles. The van der Waals surface area contributed by atoms with Gasteiger partial charge in [-0.15, -0.1) is 0 Å². The van der Waals surface area contributed by atoms with E-state index in [0.29, 0.717) is 29.0 Å². The van der Waals surface area contributed by atoms with Crippen LogP contribution in [-0.2, 0) is 25.3 Å². The fraction of sp³-hybridized carbons (Fsp3) is 0.385. The summed E-state index contributed by atoms with van der Waals surface area (Å²) < 4.78 is 8.38. The standard InChI is InChI=1S/C39H41ClN8O4/c1-21-24(9-7-12-27(21)43-34-32-35(42-22(2)41-34)46(3)38(51)47(4)37(32)50)25-10-6-11-26(33(25)40)28-19-23-14-15-29(31(23)36(44-28)52-5)48-18-17-39(20-48)16-8-13-30(49)45-39/h6-7,9-12,19,29H,8,13-18,20H2,1-5H3,(H,45,49)(H,41,42,43). The topological polar surface area (TPSA) is 136 Å². The van der Waals surface area contributed by atoms with E-state index < -0.39 is 11.2 Å². The molecular formula is C39H41ClN8O4. The highest BCUT2D eigenvalue weighted by Crippen LogP contribution is 2.47. The summed E-state index contributed by atoms with van der Waals surface area (Å²) in [6.45, 7) is 5.49. The van der Waals surface area contributed by atoms with Crippen molar-refractivity contribution >= 4 is 40.0 Å². The Bertz CT molecular complexity index is 2420. The molecular weight excluding hydrogens is 680 g/mol. The number of likely N-dealkylation sites (tertiary alicyclic amines) is 1. The van der Waals surface area contributed by atoms with Gasteiger partial charge in [-0.25, -0.2) is 19.7 Å². The maximum Gasteiger partial charge on any atom is 0.332 e. The number of nitrogens with one attached hydrogen (secondary N) is 2. The third kappa shape index (κ3) is 5.56. The Morgan fingerprint density at radius 3 is 2.52 bits per heavy atom. The molecule has 1 aliphatic carbocycles. The van der Waals surface area contributed by atoms with Crippen molar-refractivity contribution in [1.29, 1.82) is 0 Å². The van der Waals surface area contributed by atoms with E-state index in [0.717, 1.165) is 89.0 Å². The Morgan fingerprint density at radius 2 is 1.73 bits per heavy atom. The van der Waals surface area contributed by atoms with Crippen LogP contribution in [0, 0.1) is 13.8 Å². The molecule has 2 unspecified atom stereocenters. The first kappa shape index (κ1) is 34.0. The quantitative estimate of drug-likeness (QED) is 0.233. The van der Waals surface area contributed by atoms with Gasteiger partial charge in [0.05, 0.1) is 23.4 Å². The first-order chi connectivity index (χ1) is 25.0. The number of hydrogen-bond acceptors (Lipinski definition) is 9. The third-order valence-corrected chi connectivity index (χ3v) is 11.6. The van der Waals surface area contributed by atoms with Gasteiger partial charge in [0.2, 0.25) is 11.8 Å². The van der Waals surface area contributed by atoms with Crippen LogP contribution in [-0.4, -0.2) is 60.6 Å². The van der Waals surface area contributed by atoms with Crippen molar-refractivity contribution in [2.75, 3.05) is 25.5 Å². The maximum absolute atomic E-state index is 13.3. The van der Waals surface area contributed by atoms with Crippen molar-refractivity contribution in [3.05, 3.63) is 90.8 Å². The molecule has 2 atom stereocenters. The third-order valence-electron chi connectivity index (χ3n) is 11.2. The number of nitrogens with zero attached hydrogens (tertiary/aromatic N) is 6. The number of ether oxygens (including phenoxy) is 1. The molecule has 1 amide bonds. The number of methoxy groups -OCH3 is 1. The van der Waals surface area contributed by atoms with Crippen molar-refractivity contribution in [2.24, 2.45) is 14.1 Å². The number of carbonyl (C=O) groups is 1. The summed E-state index contributed by atoms with van der Waals surface area (Å²) in [7, 11) is 4.71. The van der Waals surface area contributed by atoms with E-state index in [-0.39, 0.29) is 28.5 Å².